The van der Waals surface area contributed by atoms with Crippen molar-refractivity contribution in [3.8, 4) is 5.75 Å². The molecule has 1 aromatic rings. The molecule has 0 aliphatic rings. The average Bonchev–Trinajstić information content (AvgIpc) is 2.63. The summed E-state index contributed by atoms with van der Waals surface area (Å²) in [5.41, 5.74) is -1.01. The molecule has 0 saturated carbocycles. The third-order valence-corrected chi connectivity index (χ3v) is 5.71. The number of hydrogen-bond donors (Lipinski definition) is 0. The number of amides is 2. The lowest BCUT2D eigenvalue weighted by atomic mass is 10.1. The Morgan fingerprint density at radius 3 is 2.12 bits per heavy atom. The van der Waals surface area contributed by atoms with E-state index in [1.165, 1.54) is 12.0 Å². The van der Waals surface area contributed by atoms with Gasteiger partial charge >= 0.3 is 12.2 Å². The predicted octanol–water partition coefficient (Wildman–Crippen LogP) is 5.93. The molecule has 9 heteroatoms. The molecule has 33 heavy (non-hydrogen) atoms. The standard InChI is InChI=1S/C24H40N2O6Si/c1-23(2,3)31-21(27)25-20(18-12-11-13-19(16-18)29-7)26(22(28)32-24(4,5)6)17-30-14-15-33(8,9)10/h11-13,16H,14-15,17H2,1-10H3/b25-20+. The van der Waals surface area contributed by atoms with Gasteiger partial charge in [0.2, 0.25) is 0 Å². The quantitative estimate of drug-likeness (QED) is 0.158. The molecule has 0 aliphatic heterocycles. The molecular formula is C24H40N2O6Si. The van der Waals surface area contributed by atoms with Crippen LogP contribution in [-0.4, -0.2) is 62.6 Å². The molecule has 0 saturated heterocycles. The van der Waals surface area contributed by atoms with Crippen molar-refractivity contribution in [2.45, 2.75) is 78.4 Å². The smallest absolute Gasteiger partial charge is 0.436 e. The van der Waals surface area contributed by atoms with Crippen molar-refractivity contribution in [1.29, 1.82) is 0 Å². The van der Waals surface area contributed by atoms with E-state index >= 15 is 0 Å². The molecule has 0 atom stereocenters. The summed E-state index contributed by atoms with van der Waals surface area (Å²) in [6.45, 7) is 17.6. The van der Waals surface area contributed by atoms with Crippen LogP contribution < -0.4 is 4.74 Å². The summed E-state index contributed by atoms with van der Waals surface area (Å²) in [5, 5.41) is 0. The van der Waals surface area contributed by atoms with Crippen LogP contribution in [0.3, 0.4) is 0 Å². The molecule has 186 valence electrons. The van der Waals surface area contributed by atoms with Crippen LogP contribution in [0, 0.1) is 0 Å². The summed E-state index contributed by atoms with van der Waals surface area (Å²) in [6.07, 6.45) is -1.50. The van der Waals surface area contributed by atoms with E-state index in [9.17, 15) is 9.59 Å². The molecule has 0 unspecified atom stereocenters. The molecule has 0 aliphatic carbocycles. The molecular weight excluding hydrogens is 440 g/mol. The van der Waals surface area contributed by atoms with Crippen molar-refractivity contribution in [1.82, 2.24) is 4.90 Å². The van der Waals surface area contributed by atoms with Crippen molar-refractivity contribution < 1.29 is 28.5 Å². The van der Waals surface area contributed by atoms with E-state index in [1.807, 2.05) is 0 Å². The lowest BCUT2D eigenvalue weighted by Crippen LogP contribution is -2.43. The molecule has 0 spiro atoms. The summed E-state index contributed by atoms with van der Waals surface area (Å²) in [5.74, 6) is 0.610. The van der Waals surface area contributed by atoms with E-state index in [2.05, 4.69) is 24.6 Å². The molecule has 0 aromatic heterocycles. The Hall–Kier alpha value is -2.39. The Morgan fingerprint density at radius 2 is 1.61 bits per heavy atom. The molecule has 0 radical (unpaired) electrons. The average molecular weight is 481 g/mol. The minimum Gasteiger partial charge on any atom is -0.497 e. The van der Waals surface area contributed by atoms with Gasteiger partial charge in [-0.25, -0.2) is 14.5 Å². The van der Waals surface area contributed by atoms with Gasteiger partial charge in [0.1, 0.15) is 23.7 Å². The second kappa shape index (κ2) is 11.6. The highest BCUT2D eigenvalue weighted by molar-refractivity contribution is 6.76. The normalized spacial score (nSPS) is 12.8. The van der Waals surface area contributed by atoms with E-state index in [1.54, 1.807) is 65.8 Å². The zero-order valence-electron chi connectivity index (χ0n) is 21.8. The van der Waals surface area contributed by atoms with Gasteiger partial charge in [0.15, 0.2) is 5.84 Å². The van der Waals surface area contributed by atoms with Gasteiger partial charge in [-0.05, 0) is 59.7 Å². The van der Waals surface area contributed by atoms with E-state index in [0.717, 1.165) is 6.04 Å². The highest BCUT2D eigenvalue weighted by Crippen LogP contribution is 2.19. The highest BCUT2D eigenvalue weighted by atomic mass is 28.3. The number of benzene rings is 1. The molecule has 1 rings (SSSR count). The molecule has 0 N–H and O–H groups in total. The predicted molar refractivity (Wildman–Crippen MR) is 133 cm³/mol. The first kappa shape index (κ1) is 28.6. The summed E-state index contributed by atoms with van der Waals surface area (Å²) in [7, 11) is 0.205. The topological polar surface area (TPSA) is 86.7 Å². The molecule has 1 aromatic carbocycles. The summed E-state index contributed by atoms with van der Waals surface area (Å²) in [4.78, 5) is 31.1. The first-order valence-electron chi connectivity index (χ1n) is 11.1. The fraction of sp³-hybridized carbons (Fsp3) is 0.625. The van der Waals surface area contributed by atoms with Crippen molar-refractivity contribution in [3.05, 3.63) is 29.8 Å². The minimum absolute atomic E-state index is 0.0606. The van der Waals surface area contributed by atoms with Crippen LogP contribution in [0.25, 0.3) is 0 Å². The Kier molecular flexibility index (Phi) is 10.1. The fourth-order valence-corrected chi connectivity index (χ4v) is 3.22. The molecule has 0 bridgehead atoms. The van der Waals surface area contributed by atoms with Crippen LogP contribution in [-0.2, 0) is 14.2 Å². The third-order valence-electron chi connectivity index (χ3n) is 4.00. The van der Waals surface area contributed by atoms with Gasteiger partial charge in [-0.3, -0.25) is 0 Å². The summed E-state index contributed by atoms with van der Waals surface area (Å²) in [6, 6.07) is 7.84. The van der Waals surface area contributed by atoms with Gasteiger partial charge in [0.25, 0.3) is 0 Å². The van der Waals surface area contributed by atoms with Crippen LogP contribution in [0.2, 0.25) is 25.7 Å². The van der Waals surface area contributed by atoms with Gasteiger partial charge in [0, 0.05) is 20.2 Å². The second-order valence-corrected chi connectivity index (χ2v) is 16.5. The maximum Gasteiger partial charge on any atom is 0.436 e. The van der Waals surface area contributed by atoms with Crippen LogP contribution in [0.15, 0.2) is 29.3 Å². The number of nitrogens with zero attached hydrogens (tertiary/aromatic N) is 2. The summed E-state index contributed by atoms with van der Waals surface area (Å²) < 4.78 is 22.1. The second-order valence-electron chi connectivity index (χ2n) is 10.9. The Bertz CT molecular complexity index is 835. The Morgan fingerprint density at radius 1 is 1.00 bits per heavy atom. The van der Waals surface area contributed by atoms with Crippen LogP contribution in [0.4, 0.5) is 9.59 Å². The Balaban J connectivity index is 3.41. The molecule has 2 amide bonds. The number of rotatable bonds is 7. The van der Waals surface area contributed by atoms with Gasteiger partial charge in [-0.15, -0.1) is 0 Å². The summed E-state index contributed by atoms with van der Waals surface area (Å²) >= 11 is 0. The molecule has 0 fully saturated rings. The van der Waals surface area contributed by atoms with Crippen molar-refractivity contribution in [2.24, 2.45) is 4.99 Å². The zero-order chi connectivity index (χ0) is 25.4. The number of ether oxygens (including phenoxy) is 4. The monoisotopic (exact) mass is 480 g/mol. The fourth-order valence-electron chi connectivity index (χ4n) is 2.47. The largest absolute Gasteiger partial charge is 0.497 e. The van der Waals surface area contributed by atoms with Crippen LogP contribution in [0.1, 0.15) is 47.1 Å². The van der Waals surface area contributed by atoms with Crippen LogP contribution in [0.5, 0.6) is 5.75 Å². The number of hydrogen-bond acceptors (Lipinski definition) is 6. The van der Waals surface area contributed by atoms with Crippen molar-refractivity contribution in [3.63, 3.8) is 0 Å². The number of carbonyl (C=O) groups excluding carboxylic acids is 2. The number of carbonyl (C=O) groups is 2. The van der Waals surface area contributed by atoms with E-state index in [-0.39, 0.29) is 12.6 Å². The van der Waals surface area contributed by atoms with Gasteiger partial charge in [-0.1, -0.05) is 31.8 Å². The van der Waals surface area contributed by atoms with E-state index in [4.69, 9.17) is 18.9 Å². The highest BCUT2D eigenvalue weighted by Gasteiger charge is 2.29. The number of methoxy groups -OCH3 is 1. The number of amidine groups is 1. The SMILES string of the molecule is COc1cccc(/C(=N\C(=O)OC(C)(C)C)N(COCC[Si](C)(C)C)C(=O)OC(C)(C)C)c1. The molecule has 0 heterocycles. The van der Waals surface area contributed by atoms with Crippen LogP contribution >= 0.6 is 0 Å². The maximum absolute atomic E-state index is 13.2. The first-order valence-corrected chi connectivity index (χ1v) is 14.8. The van der Waals surface area contributed by atoms with Gasteiger partial charge in [-0.2, -0.15) is 4.99 Å². The van der Waals surface area contributed by atoms with Gasteiger partial charge < -0.3 is 18.9 Å². The third kappa shape index (κ3) is 11.9. The van der Waals surface area contributed by atoms with E-state index in [0.29, 0.717) is 17.9 Å². The minimum atomic E-state index is -1.33. The Labute approximate surface area is 199 Å². The van der Waals surface area contributed by atoms with E-state index < -0.39 is 31.5 Å². The first-order chi connectivity index (χ1) is 15.0. The maximum atomic E-state index is 13.2. The molecule has 8 nitrogen and oxygen atoms in total. The number of aliphatic imine (C=N–C) groups is 1. The lowest BCUT2D eigenvalue weighted by molar-refractivity contribution is 0.0105. The van der Waals surface area contributed by atoms with Crippen molar-refractivity contribution >= 4 is 26.1 Å². The zero-order valence-corrected chi connectivity index (χ0v) is 22.8. The lowest BCUT2D eigenvalue weighted by Gasteiger charge is -2.28. The van der Waals surface area contributed by atoms with Crippen molar-refractivity contribution in [2.75, 3.05) is 20.4 Å². The van der Waals surface area contributed by atoms with Gasteiger partial charge in [0.05, 0.1) is 7.11 Å².